The van der Waals surface area contributed by atoms with Gasteiger partial charge in [-0.1, -0.05) is 0 Å². The van der Waals surface area contributed by atoms with Gasteiger partial charge in [0.2, 0.25) is 0 Å². The summed E-state index contributed by atoms with van der Waals surface area (Å²) in [6.45, 7) is 2.14. The fourth-order valence-corrected chi connectivity index (χ4v) is 1.53. The van der Waals surface area contributed by atoms with E-state index in [2.05, 4.69) is 5.32 Å². The molecule has 2 aliphatic rings. The molecule has 2 rings (SSSR count). The van der Waals surface area contributed by atoms with Crippen LogP contribution in [0.1, 0.15) is 12.8 Å². The molecule has 2 saturated heterocycles. The van der Waals surface area contributed by atoms with Gasteiger partial charge in [-0.25, -0.2) is 4.39 Å². The third-order valence-electron chi connectivity index (χ3n) is 2.38. The molecule has 0 amide bonds. The second-order valence-corrected chi connectivity index (χ2v) is 3.23. The first kappa shape index (κ1) is 9.23. The minimum Gasteiger partial charge on any atom is -0.369 e. The Morgan fingerprint density at radius 1 is 1.45 bits per heavy atom. The zero-order chi connectivity index (χ0) is 7.03. The Hall–Kier alpha value is 0.140. The average molecular weight is 182 g/mol. The molecule has 66 valence electrons. The molecule has 0 aromatic rings. The first-order valence-corrected chi connectivity index (χ1v) is 3.80. The van der Waals surface area contributed by atoms with Crippen molar-refractivity contribution < 1.29 is 9.13 Å². The zero-order valence-electron chi connectivity index (χ0n) is 6.31. The molecule has 2 fully saturated rings. The lowest BCUT2D eigenvalue weighted by Gasteiger charge is -2.45. The summed E-state index contributed by atoms with van der Waals surface area (Å²) >= 11 is 0. The number of hydrogen-bond donors (Lipinski definition) is 1. The van der Waals surface area contributed by atoms with Crippen LogP contribution in [-0.2, 0) is 4.74 Å². The summed E-state index contributed by atoms with van der Waals surface area (Å²) in [6, 6.07) is 0. The fraction of sp³-hybridized carbons (Fsp3) is 1.00. The Balaban J connectivity index is 0.000000605. The Morgan fingerprint density at radius 2 is 2.18 bits per heavy atom. The SMILES string of the molecule is Cl.F[C@H]1CCC2(CNC2)OC1. The summed E-state index contributed by atoms with van der Waals surface area (Å²) in [6.07, 6.45) is 0.856. The summed E-state index contributed by atoms with van der Waals surface area (Å²) in [5.74, 6) is 0. The lowest BCUT2D eigenvalue weighted by Crippen LogP contribution is -2.63. The number of nitrogens with one attached hydrogen (secondary N) is 1. The van der Waals surface area contributed by atoms with Crippen LogP contribution in [0.15, 0.2) is 0 Å². The molecule has 0 bridgehead atoms. The van der Waals surface area contributed by atoms with Crippen molar-refractivity contribution in [3.8, 4) is 0 Å². The van der Waals surface area contributed by atoms with Crippen LogP contribution in [0.4, 0.5) is 4.39 Å². The summed E-state index contributed by atoms with van der Waals surface area (Å²) < 4.78 is 17.9. The minimum atomic E-state index is -0.716. The maximum absolute atomic E-state index is 12.5. The topological polar surface area (TPSA) is 21.3 Å². The Bertz CT molecular complexity index is 130. The molecule has 0 aromatic carbocycles. The van der Waals surface area contributed by atoms with Crippen LogP contribution in [0.3, 0.4) is 0 Å². The molecule has 2 aliphatic heterocycles. The predicted octanol–water partition coefficient (Wildman–Crippen LogP) is 0.899. The maximum atomic E-state index is 12.5. The molecule has 1 N–H and O–H groups in total. The average Bonchev–Trinajstić information content (AvgIpc) is 1.86. The van der Waals surface area contributed by atoms with E-state index in [1.165, 1.54) is 0 Å². The van der Waals surface area contributed by atoms with E-state index in [9.17, 15) is 4.39 Å². The summed E-state index contributed by atoms with van der Waals surface area (Å²) in [5.41, 5.74) is 0.0303. The smallest absolute Gasteiger partial charge is 0.123 e. The molecule has 0 unspecified atom stereocenters. The van der Waals surface area contributed by atoms with Crippen LogP contribution in [0.5, 0.6) is 0 Å². The highest BCUT2D eigenvalue weighted by Crippen LogP contribution is 2.29. The van der Waals surface area contributed by atoms with E-state index in [0.29, 0.717) is 13.0 Å². The van der Waals surface area contributed by atoms with Crippen molar-refractivity contribution in [3.63, 3.8) is 0 Å². The number of rotatable bonds is 0. The van der Waals surface area contributed by atoms with Crippen LogP contribution in [0.2, 0.25) is 0 Å². The van der Waals surface area contributed by atoms with E-state index < -0.39 is 6.17 Å². The highest BCUT2D eigenvalue weighted by atomic mass is 35.5. The number of halogens is 2. The van der Waals surface area contributed by atoms with Crippen molar-refractivity contribution in [3.05, 3.63) is 0 Å². The minimum absolute atomic E-state index is 0. The van der Waals surface area contributed by atoms with Crippen molar-refractivity contribution in [2.75, 3.05) is 19.7 Å². The first-order valence-electron chi connectivity index (χ1n) is 3.80. The summed E-state index contributed by atoms with van der Waals surface area (Å²) in [4.78, 5) is 0. The predicted molar refractivity (Wildman–Crippen MR) is 42.9 cm³/mol. The Labute approximate surface area is 71.9 Å². The third kappa shape index (κ3) is 1.66. The quantitative estimate of drug-likeness (QED) is 0.600. The number of hydrogen-bond acceptors (Lipinski definition) is 2. The lowest BCUT2D eigenvalue weighted by molar-refractivity contribution is -0.132. The second-order valence-electron chi connectivity index (χ2n) is 3.23. The zero-order valence-corrected chi connectivity index (χ0v) is 7.12. The molecular weight excluding hydrogens is 169 g/mol. The normalized spacial score (nSPS) is 34.1. The monoisotopic (exact) mass is 181 g/mol. The van der Waals surface area contributed by atoms with E-state index in [0.717, 1.165) is 19.5 Å². The van der Waals surface area contributed by atoms with Crippen molar-refractivity contribution >= 4 is 12.4 Å². The van der Waals surface area contributed by atoms with Gasteiger partial charge in [-0.05, 0) is 12.8 Å². The highest BCUT2D eigenvalue weighted by Gasteiger charge is 2.41. The molecule has 2 nitrogen and oxygen atoms in total. The van der Waals surface area contributed by atoms with E-state index in [1.54, 1.807) is 0 Å². The van der Waals surface area contributed by atoms with Gasteiger partial charge in [0, 0.05) is 13.1 Å². The van der Waals surface area contributed by atoms with Gasteiger partial charge in [-0.3, -0.25) is 0 Å². The van der Waals surface area contributed by atoms with Crippen molar-refractivity contribution in [1.29, 1.82) is 0 Å². The van der Waals surface area contributed by atoms with E-state index >= 15 is 0 Å². The Morgan fingerprint density at radius 3 is 2.55 bits per heavy atom. The van der Waals surface area contributed by atoms with E-state index in [-0.39, 0.29) is 18.0 Å². The van der Waals surface area contributed by atoms with Gasteiger partial charge in [-0.15, -0.1) is 12.4 Å². The van der Waals surface area contributed by atoms with Crippen LogP contribution in [0, 0.1) is 0 Å². The van der Waals surface area contributed by atoms with Crippen molar-refractivity contribution in [1.82, 2.24) is 5.32 Å². The van der Waals surface area contributed by atoms with Crippen molar-refractivity contribution in [2.45, 2.75) is 24.6 Å². The van der Waals surface area contributed by atoms with Crippen LogP contribution < -0.4 is 5.32 Å². The second kappa shape index (κ2) is 3.25. The van der Waals surface area contributed by atoms with Gasteiger partial charge in [0.15, 0.2) is 0 Å². The van der Waals surface area contributed by atoms with Crippen LogP contribution in [-0.4, -0.2) is 31.5 Å². The van der Waals surface area contributed by atoms with Gasteiger partial charge in [0.05, 0.1) is 12.2 Å². The fourth-order valence-electron chi connectivity index (χ4n) is 1.53. The molecular formula is C7H13ClFNO. The molecule has 1 spiro atoms. The number of ether oxygens (including phenoxy) is 1. The van der Waals surface area contributed by atoms with Gasteiger partial charge in [-0.2, -0.15) is 0 Å². The summed E-state index contributed by atoms with van der Waals surface area (Å²) in [5, 5.41) is 3.14. The number of alkyl halides is 1. The van der Waals surface area contributed by atoms with Crippen LogP contribution >= 0.6 is 12.4 Å². The lowest BCUT2D eigenvalue weighted by atomic mass is 9.88. The third-order valence-corrected chi connectivity index (χ3v) is 2.38. The highest BCUT2D eigenvalue weighted by molar-refractivity contribution is 5.85. The van der Waals surface area contributed by atoms with Gasteiger partial charge < -0.3 is 10.1 Å². The molecule has 0 aliphatic carbocycles. The van der Waals surface area contributed by atoms with Gasteiger partial charge in [0.1, 0.15) is 6.17 Å². The summed E-state index contributed by atoms with van der Waals surface area (Å²) in [7, 11) is 0. The molecule has 1 atom stereocenters. The molecule has 2 heterocycles. The largest absolute Gasteiger partial charge is 0.369 e. The Kier molecular flexibility index (Phi) is 2.73. The standard InChI is InChI=1S/C7H12FNO.ClH/c8-6-1-2-7(10-3-6)4-9-5-7;/h6,9H,1-5H2;1H/t6-;/m0./s1. The molecule has 4 heteroatoms. The van der Waals surface area contributed by atoms with Gasteiger partial charge >= 0.3 is 0 Å². The van der Waals surface area contributed by atoms with E-state index in [4.69, 9.17) is 4.74 Å². The maximum Gasteiger partial charge on any atom is 0.123 e. The molecule has 0 aromatic heterocycles. The first-order chi connectivity index (χ1) is 4.81. The van der Waals surface area contributed by atoms with Gasteiger partial charge in [0.25, 0.3) is 0 Å². The van der Waals surface area contributed by atoms with E-state index in [1.807, 2.05) is 0 Å². The van der Waals surface area contributed by atoms with Crippen LogP contribution in [0.25, 0.3) is 0 Å². The molecule has 0 radical (unpaired) electrons. The van der Waals surface area contributed by atoms with Crippen molar-refractivity contribution in [2.24, 2.45) is 0 Å². The molecule has 11 heavy (non-hydrogen) atoms. The molecule has 0 saturated carbocycles.